The van der Waals surface area contributed by atoms with Crippen LogP contribution in [0.1, 0.15) is 23.6 Å². The van der Waals surface area contributed by atoms with E-state index in [-0.39, 0.29) is 5.92 Å². The second-order valence-corrected chi connectivity index (χ2v) is 3.88. The number of aromatic nitrogens is 2. The maximum absolute atomic E-state index is 10.8. The van der Waals surface area contributed by atoms with E-state index in [1.807, 2.05) is 18.4 Å². The molecule has 0 radical (unpaired) electrons. The average molecular weight is 194 g/mol. The van der Waals surface area contributed by atoms with Gasteiger partial charge in [0.05, 0.1) is 11.6 Å². The summed E-state index contributed by atoms with van der Waals surface area (Å²) in [6.07, 6.45) is 1.50. The molecule has 0 saturated carbocycles. The van der Waals surface area contributed by atoms with Gasteiger partial charge in [-0.25, -0.2) is 4.98 Å². The highest BCUT2D eigenvalue weighted by Crippen LogP contribution is 2.22. The van der Waals surface area contributed by atoms with E-state index in [0.29, 0.717) is 13.0 Å². The molecular weight excluding hydrogens is 180 g/mol. The quantitative estimate of drug-likeness (QED) is 0.729. The molecule has 1 aliphatic heterocycles. The topological polar surface area (TPSA) is 55.1 Å². The highest BCUT2D eigenvalue weighted by atomic mass is 16.4. The Hall–Kier alpha value is -1.32. The van der Waals surface area contributed by atoms with Gasteiger partial charge in [-0.2, -0.15) is 0 Å². The molecule has 76 valence electrons. The molecule has 1 aromatic heterocycles. The van der Waals surface area contributed by atoms with E-state index < -0.39 is 5.97 Å². The first kappa shape index (κ1) is 9.24. The van der Waals surface area contributed by atoms with Crippen molar-refractivity contribution in [3.05, 3.63) is 17.2 Å². The molecule has 1 aliphatic rings. The van der Waals surface area contributed by atoms with Crippen LogP contribution in [0.25, 0.3) is 0 Å². The first-order chi connectivity index (χ1) is 6.59. The van der Waals surface area contributed by atoms with Crippen molar-refractivity contribution >= 4 is 5.97 Å². The third-order valence-corrected chi connectivity index (χ3v) is 3.01. The summed E-state index contributed by atoms with van der Waals surface area (Å²) in [5.74, 6) is 0.105. The Morgan fingerprint density at radius 2 is 2.29 bits per heavy atom. The van der Waals surface area contributed by atoms with Gasteiger partial charge < -0.3 is 9.67 Å². The zero-order valence-electron chi connectivity index (χ0n) is 8.45. The summed E-state index contributed by atoms with van der Waals surface area (Å²) < 4.78 is 2.04. The van der Waals surface area contributed by atoms with Gasteiger partial charge in [0.2, 0.25) is 0 Å². The number of carbonyl (C=O) groups is 1. The fourth-order valence-electron chi connectivity index (χ4n) is 1.97. The van der Waals surface area contributed by atoms with Crippen LogP contribution in [-0.4, -0.2) is 20.6 Å². The third kappa shape index (κ3) is 1.31. The molecule has 4 heteroatoms. The first-order valence-corrected chi connectivity index (χ1v) is 4.85. The van der Waals surface area contributed by atoms with Crippen molar-refractivity contribution in [2.45, 2.75) is 33.2 Å². The van der Waals surface area contributed by atoms with Crippen LogP contribution in [0.2, 0.25) is 0 Å². The fourth-order valence-corrected chi connectivity index (χ4v) is 1.97. The van der Waals surface area contributed by atoms with Crippen LogP contribution in [0.15, 0.2) is 0 Å². The molecule has 1 aromatic rings. The molecular formula is C10H14N2O2. The molecule has 0 bridgehead atoms. The number of rotatable bonds is 1. The molecule has 2 heterocycles. The molecule has 1 atom stereocenters. The number of aliphatic carboxylic acids is 1. The van der Waals surface area contributed by atoms with Gasteiger partial charge >= 0.3 is 5.97 Å². The number of hydrogen-bond donors (Lipinski definition) is 1. The molecule has 4 nitrogen and oxygen atoms in total. The van der Waals surface area contributed by atoms with Crippen LogP contribution in [0.3, 0.4) is 0 Å². The first-order valence-electron chi connectivity index (χ1n) is 4.85. The number of nitrogens with zero attached hydrogens (tertiary/aromatic N) is 2. The lowest BCUT2D eigenvalue weighted by atomic mass is 10.00. The smallest absolute Gasteiger partial charge is 0.308 e. The number of carboxylic acids is 1. The Kier molecular flexibility index (Phi) is 2.06. The van der Waals surface area contributed by atoms with Crippen LogP contribution in [0.4, 0.5) is 0 Å². The van der Waals surface area contributed by atoms with Gasteiger partial charge in [-0.1, -0.05) is 0 Å². The van der Waals surface area contributed by atoms with E-state index >= 15 is 0 Å². The maximum atomic E-state index is 10.8. The average Bonchev–Trinajstić information content (AvgIpc) is 2.43. The number of hydrogen-bond acceptors (Lipinski definition) is 2. The molecule has 0 spiro atoms. The zero-order valence-corrected chi connectivity index (χ0v) is 8.45. The molecule has 0 unspecified atom stereocenters. The highest BCUT2D eigenvalue weighted by molar-refractivity contribution is 5.70. The van der Waals surface area contributed by atoms with Crippen LogP contribution in [-0.2, 0) is 17.8 Å². The molecule has 0 aromatic carbocycles. The zero-order chi connectivity index (χ0) is 10.3. The second-order valence-electron chi connectivity index (χ2n) is 3.88. The Bertz CT molecular complexity index is 382. The minimum atomic E-state index is -0.693. The predicted octanol–water partition coefficient (Wildman–Crippen LogP) is 1.15. The highest BCUT2D eigenvalue weighted by Gasteiger charge is 2.26. The number of carboxylic acid groups (broad SMARTS) is 1. The summed E-state index contributed by atoms with van der Waals surface area (Å²) in [5.41, 5.74) is 2.12. The molecule has 0 aliphatic carbocycles. The summed E-state index contributed by atoms with van der Waals surface area (Å²) in [4.78, 5) is 15.3. The Labute approximate surface area is 82.6 Å². The monoisotopic (exact) mass is 194 g/mol. The van der Waals surface area contributed by atoms with Crippen LogP contribution in [0.5, 0.6) is 0 Å². The number of imidazole rings is 1. The lowest BCUT2D eigenvalue weighted by Gasteiger charge is -2.21. The van der Waals surface area contributed by atoms with Crippen LogP contribution >= 0.6 is 0 Å². The van der Waals surface area contributed by atoms with Gasteiger partial charge in [-0.15, -0.1) is 0 Å². The summed E-state index contributed by atoms with van der Waals surface area (Å²) in [7, 11) is 0. The number of fused-ring (bicyclic) bond motifs is 1. The number of aryl methyl sites for hydroxylation is 2. The lowest BCUT2D eigenvalue weighted by molar-refractivity contribution is -0.142. The van der Waals surface area contributed by atoms with Crippen molar-refractivity contribution in [2.24, 2.45) is 5.92 Å². The normalized spacial score (nSPS) is 20.6. The minimum absolute atomic E-state index is 0.241. The summed E-state index contributed by atoms with van der Waals surface area (Å²) in [5, 5.41) is 8.93. The van der Waals surface area contributed by atoms with Crippen LogP contribution in [0, 0.1) is 19.8 Å². The largest absolute Gasteiger partial charge is 0.481 e. The lowest BCUT2D eigenvalue weighted by Crippen LogP contribution is -2.27. The van der Waals surface area contributed by atoms with E-state index in [1.165, 1.54) is 0 Å². The van der Waals surface area contributed by atoms with Crippen molar-refractivity contribution in [3.63, 3.8) is 0 Å². The third-order valence-electron chi connectivity index (χ3n) is 3.01. The second kappa shape index (κ2) is 3.12. The predicted molar refractivity (Wildman–Crippen MR) is 51.1 cm³/mol. The van der Waals surface area contributed by atoms with Gasteiger partial charge in [0.15, 0.2) is 0 Å². The SMILES string of the molecule is Cc1nc2n(c1C)C[C@@H](C(=O)O)CC2. The van der Waals surface area contributed by atoms with E-state index in [9.17, 15) is 4.79 Å². The Balaban J connectivity index is 2.33. The molecule has 0 saturated heterocycles. The Morgan fingerprint density at radius 1 is 1.57 bits per heavy atom. The van der Waals surface area contributed by atoms with E-state index in [0.717, 1.165) is 23.6 Å². The van der Waals surface area contributed by atoms with Crippen molar-refractivity contribution in [2.75, 3.05) is 0 Å². The summed E-state index contributed by atoms with van der Waals surface area (Å²) in [6.45, 7) is 4.55. The van der Waals surface area contributed by atoms with E-state index in [4.69, 9.17) is 5.11 Å². The van der Waals surface area contributed by atoms with Crippen molar-refractivity contribution < 1.29 is 9.90 Å². The summed E-state index contributed by atoms with van der Waals surface area (Å²) in [6, 6.07) is 0. The Morgan fingerprint density at radius 3 is 2.93 bits per heavy atom. The van der Waals surface area contributed by atoms with Crippen molar-refractivity contribution in [3.8, 4) is 0 Å². The molecule has 14 heavy (non-hydrogen) atoms. The van der Waals surface area contributed by atoms with Crippen molar-refractivity contribution in [1.29, 1.82) is 0 Å². The minimum Gasteiger partial charge on any atom is -0.481 e. The van der Waals surface area contributed by atoms with Gasteiger partial charge in [-0.3, -0.25) is 4.79 Å². The molecule has 0 fully saturated rings. The van der Waals surface area contributed by atoms with Crippen molar-refractivity contribution in [1.82, 2.24) is 9.55 Å². The van der Waals surface area contributed by atoms with Gasteiger partial charge in [0, 0.05) is 18.7 Å². The van der Waals surface area contributed by atoms with E-state index in [1.54, 1.807) is 0 Å². The molecule has 0 amide bonds. The van der Waals surface area contributed by atoms with E-state index in [2.05, 4.69) is 4.98 Å². The van der Waals surface area contributed by atoms with Gasteiger partial charge in [-0.05, 0) is 20.3 Å². The van der Waals surface area contributed by atoms with Crippen LogP contribution < -0.4 is 0 Å². The molecule has 1 N–H and O–H groups in total. The maximum Gasteiger partial charge on any atom is 0.308 e. The van der Waals surface area contributed by atoms with Gasteiger partial charge in [0.25, 0.3) is 0 Å². The standard InChI is InChI=1S/C10H14N2O2/c1-6-7(2)12-5-8(10(13)14)3-4-9(12)11-6/h8H,3-5H2,1-2H3,(H,13,14)/t8-/m0/s1. The fraction of sp³-hybridized carbons (Fsp3) is 0.600. The van der Waals surface area contributed by atoms with Gasteiger partial charge in [0.1, 0.15) is 5.82 Å². The molecule has 2 rings (SSSR count). The summed E-state index contributed by atoms with van der Waals surface area (Å²) >= 11 is 0.